The zero-order chi connectivity index (χ0) is 9.97. The Hall–Kier alpha value is -0.710. The van der Waals surface area contributed by atoms with Gasteiger partial charge in [0.05, 0.1) is 4.88 Å². The van der Waals surface area contributed by atoms with Crippen LogP contribution >= 0.6 is 11.3 Å². The van der Waals surface area contributed by atoms with Gasteiger partial charge in [-0.2, -0.15) is 0 Å². The van der Waals surface area contributed by atoms with E-state index < -0.39 is 0 Å². The molecule has 1 saturated heterocycles. The van der Waals surface area contributed by atoms with Crippen molar-refractivity contribution < 1.29 is 4.79 Å². The molecule has 1 aliphatic heterocycles. The summed E-state index contributed by atoms with van der Waals surface area (Å²) in [5.74, 6) is 0.484. The van der Waals surface area contributed by atoms with Gasteiger partial charge < -0.3 is 11.1 Å². The molecule has 2 atom stereocenters. The zero-order valence-electron chi connectivity index (χ0n) is 7.90. The average molecular weight is 210 g/mol. The fourth-order valence-corrected chi connectivity index (χ4v) is 2.78. The van der Waals surface area contributed by atoms with E-state index in [1.54, 1.807) is 11.3 Å². The predicted octanol–water partition coefficient (Wildman–Crippen LogP) is 0.965. The Morgan fingerprint density at radius 3 is 3.00 bits per heavy atom. The van der Waals surface area contributed by atoms with Crippen molar-refractivity contribution in [1.82, 2.24) is 5.32 Å². The van der Waals surface area contributed by atoms with Crippen molar-refractivity contribution in [1.29, 1.82) is 0 Å². The van der Waals surface area contributed by atoms with E-state index in [1.807, 2.05) is 12.1 Å². The zero-order valence-corrected chi connectivity index (χ0v) is 8.72. The lowest BCUT2D eigenvalue weighted by molar-refractivity contribution is 0.112. The van der Waals surface area contributed by atoms with E-state index in [-0.39, 0.29) is 6.04 Å². The Bertz CT molecular complexity index is 324. The summed E-state index contributed by atoms with van der Waals surface area (Å²) in [5.41, 5.74) is 5.87. The molecule has 2 rings (SSSR count). The van der Waals surface area contributed by atoms with E-state index in [0.717, 1.165) is 30.7 Å². The maximum Gasteiger partial charge on any atom is 0.160 e. The summed E-state index contributed by atoms with van der Waals surface area (Å²) in [7, 11) is 0. The minimum atomic E-state index is 0.246. The molecular weight excluding hydrogens is 196 g/mol. The molecule has 3 nitrogen and oxygen atoms in total. The Kier molecular flexibility index (Phi) is 2.96. The van der Waals surface area contributed by atoms with Crippen LogP contribution in [0.25, 0.3) is 0 Å². The standard InChI is InChI=1S/C10H14N2OS/c11-8-3-7(4-12-5-8)10-2-1-9(6-13)14-10/h1-2,6-8,12H,3-5,11H2. The lowest BCUT2D eigenvalue weighted by Crippen LogP contribution is -2.42. The van der Waals surface area contributed by atoms with Crippen LogP contribution in [0.1, 0.15) is 26.9 Å². The van der Waals surface area contributed by atoms with Crippen LogP contribution in [0.5, 0.6) is 0 Å². The van der Waals surface area contributed by atoms with Crippen LogP contribution in [0, 0.1) is 0 Å². The van der Waals surface area contributed by atoms with Crippen molar-refractivity contribution in [3.05, 3.63) is 21.9 Å². The van der Waals surface area contributed by atoms with Crippen LogP contribution in [0.15, 0.2) is 12.1 Å². The minimum absolute atomic E-state index is 0.246. The number of nitrogens with one attached hydrogen (secondary N) is 1. The minimum Gasteiger partial charge on any atom is -0.327 e. The number of carbonyl (C=O) groups is 1. The first-order chi connectivity index (χ1) is 6.79. The SMILES string of the molecule is NC1CNCC(c2ccc(C=O)s2)C1. The first-order valence-electron chi connectivity index (χ1n) is 4.81. The molecule has 1 aliphatic rings. The highest BCUT2D eigenvalue weighted by Crippen LogP contribution is 2.28. The second-order valence-electron chi connectivity index (χ2n) is 3.71. The van der Waals surface area contributed by atoms with E-state index in [4.69, 9.17) is 5.73 Å². The van der Waals surface area contributed by atoms with Gasteiger partial charge in [-0.05, 0) is 18.6 Å². The molecule has 0 saturated carbocycles. The number of rotatable bonds is 2. The Labute approximate surface area is 87.3 Å². The van der Waals surface area contributed by atoms with Gasteiger partial charge in [-0.25, -0.2) is 0 Å². The summed E-state index contributed by atoms with van der Waals surface area (Å²) in [5, 5.41) is 3.30. The molecule has 76 valence electrons. The van der Waals surface area contributed by atoms with E-state index in [0.29, 0.717) is 5.92 Å². The van der Waals surface area contributed by atoms with Crippen molar-refractivity contribution in [3.63, 3.8) is 0 Å². The van der Waals surface area contributed by atoms with Gasteiger partial charge in [0, 0.05) is 29.9 Å². The van der Waals surface area contributed by atoms with Gasteiger partial charge >= 0.3 is 0 Å². The van der Waals surface area contributed by atoms with Crippen molar-refractivity contribution in [2.24, 2.45) is 5.73 Å². The van der Waals surface area contributed by atoms with E-state index in [9.17, 15) is 4.79 Å². The van der Waals surface area contributed by atoms with Gasteiger partial charge in [-0.1, -0.05) is 0 Å². The molecule has 3 N–H and O–H groups in total. The summed E-state index contributed by atoms with van der Waals surface area (Å²) < 4.78 is 0. The molecule has 1 aromatic rings. The molecule has 0 bridgehead atoms. The van der Waals surface area contributed by atoms with Crippen molar-refractivity contribution in [3.8, 4) is 0 Å². The number of carbonyl (C=O) groups excluding carboxylic acids is 1. The van der Waals surface area contributed by atoms with Gasteiger partial charge in [0.25, 0.3) is 0 Å². The first kappa shape index (κ1) is 9.83. The van der Waals surface area contributed by atoms with E-state index in [1.165, 1.54) is 4.88 Å². The normalized spacial score (nSPS) is 27.5. The van der Waals surface area contributed by atoms with Gasteiger partial charge in [0.15, 0.2) is 6.29 Å². The fraction of sp³-hybridized carbons (Fsp3) is 0.500. The molecule has 4 heteroatoms. The average Bonchev–Trinajstić information content (AvgIpc) is 2.66. The summed E-state index contributed by atoms with van der Waals surface area (Å²) in [4.78, 5) is 12.6. The molecular formula is C10H14N2OS. The maximum atomic E-state index is 10.5. The molecule has 2 unspecified atom stereocenters. The third kappa shape index (κ3) is 2.03. The number of thiophene rings is 1. The number of hydrogen-bond donors (Lipinski definition) is 2. The third-order valence-electron chi connectivity index (χ3n) is 2.55. The highest BCUT2D eigenvalue weighted by molar-refractivity contribution is 7.13. The molecule has 1 aromatic heterocycles. The highest BCUT2D eigenvalue weighted by Gasteiger charge is 2.21. The third-order valence-corrected chi connectivity index (χ3v) is 3.72. The van der Waals surface area contributed by atoms with Crippen LogP contribution in [0.2, 0.25) is 0 Å². The molecule has 0 aliphatic carbocycles. The van der Waals surface area contributed by atoms with Crippen molar-refractivity contribution >= 4 is 17.6 Å². The Balaban J connectivity index is 2.09. The molecule has 0 radical (unpaired) electrons. The number of piperidine rings is 1. The van der Waals surface area contributed by atoms with Crippen LogP contribution in [-0.4, -0.2) is 25.4 Å². The summed E-state index contributed by atoms with van der Waals surface area (Å²) >= 11 is 1.58. The fourth-order valence-electron chi connectivity index (χ4n) is 1.84. The molecule has 0 aromatic carbocycles. The number of nitrogens with two attached hydrogens (primary N) is 1. The number of hydrogen-bond acceptors (Lipinski definition) is 4. The smallest absolute Gasteiger partial charge is 0.160 e. The molecule has 14 heavy (non-hydrogen) atoms. The van der Waals surface area contributed by atoms with Gasteiger partial charge in [-0.15, -0.1) is 11.3 Å². The van der Waals surface area contributed by atoms with Crippen LogP contribution in [0.4, 0.5) is 0 Å². The summed E-state index contributed by atoms with van der Waals surface area (Å²) in [6.45, 7) is 1.88. The van der Waals surface area contributed by atoms with Crippen molar-refractivity contribution in [2.45, 2.75) is 18.4 Å². The lowest BCUT2D eigenvalue weighted by atomic mass is 9.95. The summed E-state index contributed by atoms with van der Waals surface area (Å²) in [6, 6.07) is 4.17. The van der Waals surface area contributed by atoms with Crippen LogP contribution in [0.3, 0.4) is 0 Å². The lowest BCUT2D eigenvalue weighted by Gasteiger charge is -2.26. The highest BCUT2D eigenvalue weighted by atomic mass is 32.1. The molecule has 1 fully saturated rings. The Morgan fingerprint density at radius 1 is 1.50 bits per heavy atom. The van der Waals surface area contributed by atoms with Gasteiger partial charge in [0.2, 0.25) is 0 Å². The largest absolute Gasteiger partial charge is 0.327 e. The predicted molar refractivity (Wildman–Crippen MR) is 57.9 cm³/mol. The molecule has 0 spiro atoms. The molecule has 2 heterocycles. The topological polar surface area (TPSA) is 55.1 Å². The van der Waals surface area contributed by atoms with E-state index in [2.05, 4.69) is 5.32 Å². The van der Waals surface area contributed by atoms with Gasteiger partial charge in [-0.3, -0.25) is 4.79 Å². The quantitative estimate of drug-likeness (QED) is 0.715. The number of aldehydes is 1. The second kappa shape index (κ2) is 4.21. The maximum absolute atomic E-state index is 10.5. The first-order valence-corrected chi connectivity index (χ1v) is 5.62. The van der Waals surface area contributed by atoms with Gasteiger partial charge in [0.1, 0.15) is 0 Å². The Morgan fingerprint density at radius 2 is 2.36 bits per heavy atom. The molecule has 0 amide bonds. The van der Waals surface area contributed by atoms with Crippen LogP contribution < -0.4 is 11.1 Å². The van der Waals surface area contributed by atoms with Crippen LogP contribution in [-0.2, 0) is 0 Å². The second-order valence-corrected chi connectivity index (χ2v) is 4.86. The van der Waals surface area contributed by atoms with Crippen molar-refractivity contribution in [2.75, 3.05) is 13.1 Å². The van der Waals surface area contributed by atoms with E-state index >= 15 is 0 Å². The monoisotopic (exact) mass is 210 g/mol. The summed E-state index contributed by atoms with van der Waals surface area (Å²) in [6.07, 6.45) is 1.93.